The second-order valence-corrected chi connectivity index (χ2v) is 16.5. The van der Waals surface area contributed by atoms with Gasteiger partial charge in [0.05, 0.1) is 25.9 Å². The van der Waals surface area contributed by atoms with Gasteiger partial charge in [0.15, 0.2) is 28.6 Å². The fourth-order valence-electron chi connectivity index (χ4n) is 5.67. The molecule has 7 heterocycles. The lowest BCUT2D eigenvalue weighted by Gasteiger charge is -2.29. The predicted molar refractivity (Wildman–Crippen MR) is 163 cm³/mol. The number of anilines is 2. The monoisotopic (exact) mass is 720 g/mol. The summed E-state index contributed by atoms with van der Waals surface area (Å²) in [7, 11) is 0. The highest BCUT2D eigenvalue weighted by Gasteiger charge is 2.52. The number of rotatable bonds is 2. The first kappa shape index (κ1) is 31.8. The zero-order valence-electron chi connectivity index (χ0n) is 23.3. The standard InChI is InChI=1S/C21H26N10O11P2S2/c1-6-12-7(39-18(6)30-4-24-9-14(30)26-20(22)28-16(9)33)2-37-44(36,46)42-13-8(3-38-43(35,45)41-12)40-19(11(13)32)31-5-25-10-15(31)27-21(23)29-17(10)34/h4-8,11-13,18-19,32H,2-3H2,1H3,(H,35,45)(H,36,46)(H3,22,26,28,33)(H3,23,27,29,34)/t6-,7?,8?,11-,12+,13-,18-,19-,43?,44?/m1/s1. The maximum Gasteiger partial charge on any atom is 0.386 e. The number of aliphatic hydroxyl groups is 1. The van der Waals surface area contributed by atoms with Crippen LogP contribution in [0.25, 0.3) is 22.3 Å². The van der Waals surface area contributed by atoms with Gasteiger partial charge in [-0.3, -0.25) is 46.8 Å². The minimum atomic E-state index is -4.28. The lowest BCUT2D eigenvalue weighted by Crippen LogP contribution is -2.37. The van der Waals surface area contributed by atoms with Crippen LogP contribution >= 0.6 is 38.1 Å². The van der Waals surface area contributed by atoms with E-state index in [0.717, 1.165) is 0 Å². The van der Waals surface area contributed by atoms with Crippen molar-refractivity contribution in [3.8, 4) is 0 Å². The first-order valence-corrected chi connectivity index (χ1v) is 18.9. The minimum Gasteiger partial charge on any atom is -0.386 e. The van der Waals surface area contributed by atoms with Gasteiger partial charge in [-0.15, -0.1) is 0 Å². The molecule has 0 spiro atoms. The number of aromatic amines is 2. The highest BCUT2D eigenvalue weighted by molar-refractivity contribution is 8.44. The van der Waals surface area contributed by atoms with Crippen LogP contribution in [0, 0.1) is 5.92 Å². The Morgan fingerprint density at radius 1 is 0.848 bits per heavy atom. The van der Waals surface area contributed by atoms with E-state index in [9.17, 15) is 23.8 Å². The van der Waals surface area contributed by atoms with E-state index in [-0.39, 0.29) is 34.2 Å². The van der Waals surface area contributed by atoms with Crippen LogP contribution in [0.5, 0.6) is 0 Å². The molecule has 7 rings (SSSR count). The molecule has 0 aromatic carbocycles. The van der Waals surface area contributed by atoms with Crippen LogP contribution in [0.4, 0.5) is 11.9 Å². The number of aliphatic hydroxyl groups excluding tert-OH is 1. The van der Waals surface area contributed by atoms with E-state index in [0.29, 0.717) is 0 Å². The number of nitrogens with one attached hydrogen (secondary N) is 2. The zero-order chi connectivity index (χ0) is 32.7. The highest BCUT2D eigenvalue weighted by atomic mass is 32.7. The average Bonchev–Trinajstić information content (AvgIpc) is 3.72. The summed E-state index contributed by atoms with van der Waals surface area (Å²) in [6, 6.07) is 0. The molecular formula is C21H26N10O11P2S2. The summed E-state index contributed by atoms with van der Waals surface area (Å²) in [5.41, 5.74) is 10.2. The minimum absolute atomic E-state index is 0.00247. The molecule has 3 saturated heterocycles. The molecule has 46 heavy (non-hydrogen) atoms. The number of aromatic nitrogens is 8. The van der Waals surface area contributed by atoms with Crippen molar-refractivity contribution >= 4 is 72.3 Å². The lowest BCUT2D eigenvalue weighted by atomic mass is 10.0. The molecule has 3 aliphatic rings. The number of nitrogens with zero attached hydrogens (tertiary/aromatic N) is 6. The third-order valence-electron chi connectivity index (χ3n) is 7.72. The van der Waals surface area contributed by atoms with Crippen molar-refractivity contribution in [1.82, 2.24) is 39.0 Å². The maximum atomic E-state index is 13.5. The summed E-state index contributed by atoms with van der Waals surface area (Å²) < 4.78 is 64.5. The number of H-pyrrole nitrogens is 2. The van der Waals surface area contributed by atoms with Crippen molar-refractivity contribution in [3.63, 3.8) is 0 Å². The largest absolute Gasteiger partial charge is 0.386 e. The van der Waals surface area contributed by atoms with Crippen LogP contribution in [0.1, 0.15) is 19.4 Å². The van der Waals surface area contributed by atoms with Gasteiger partial charge < -0.3 is 26.0 Å². The summed E-state index contributed by atoms with van der Waals surface area (Å²) in [6.45, 7) is -7.78. The van der Waals surface area contributed by atoms with E-state index in [4.69, 9.17) is 39.0 Å². The molecule has 10 atom stereocenters. The van der Waals surface area contributed by atoms with Crippen LogP contribution in [-0.4, -0.2) is 87.9 Å². The Morgan fingerprint density at radius 2 is 1.30 bits per heavy atom. The molecule has 21 nitrogen and oxygen atoms in total. The predicted octanol–water partition coefficient (Wildman–Crippen LogP) is 0.102. The van der Waals surface area contributed by atoms with E-state index in [1.165, 1.54) is 21.8 Å². The molecule has 0 saturated carbocycles. The first-order chi connectivity index (χ1) is 21.7. The number of thiol groups is 2. The van der Waals surface area contributed by atoms with Crippen molar-refractivity contribution in [2.24, 2.45) is 5.92 Å². The lowest BCUT2D eigenvalue weighted by molar-refractivity contribution is -0.0554. The second kappa shape index (κ2) is 11.4. The SMILES string of the molecule is C[C@@H]1[C@@H]2OP(=O)(S)OCC3O[C@@H](n4cnc5c(=O)[nH]c(N)nc54)[C@H](O)[C@@H]3OP(=O)(S)OCC2O[C@H]1n1cnc2c(=O)[nH]c(N)nc21. The molecule has 248 valence electrons. The molecule has 4 unspecified atom stereocenters. The van der Waals surface area contributed by atoms with Crippen LogP contribution in [0.3, 0.4) is 0 Å². The third kappa shape index (κ3) is 5.58. The number of hydrogen-bond donors (Lipinski definition) is 7. The number of hydrogen-bond acceptors (Lipinski definition) is 17. The van der Waals surface area contributed by atoms with Gasteiger partial charge in [-0.25, -0.2) is 19.1 Å². The quantitative estimate of drug-likeness (QED) is 0.107. The Labute approximate surface area is 266 Å². The Kier molecular flexibility index (Phi) is 7.88. The van der Waals surface area contributed by atoms with Gasteiger partial charge in [0.2, 0.25) is 11.9 Å². The maximum absolute atomic E-state index is 13.5. The van der Waals surface area contributed by atoms with Gasteiger partial charge in [0.25, 0.3) is 11.1 Å². The molecule has 0 aliphatic carbocycles. The second-order valence-electron chi connectivity index (χ2n) is 10.7. The molecule has 4 aromatic heterocycles. The molecule has 7 N–H and O–H groups in total. The molecule has 0 radical (unpaired) electrons. The Balaban J connectivity index is 1.18. The van der Waals surface area contributed by atoms with Gasteiger partial charge >= 0.3 is 13.6 Å². The van der Waals surface area contributed by atoms with Crippen molar-refractivity contribution in [3.05, 3.63) is 33.4 Å². The van der Waals surface area contributed by atoms with E-state index in [1.54, 1.807) is 6.92 Å². The third-order valence-corrected chi connectivity index (χ3v) is 11.0. The fraction of sp³-hybridized carbons (Fsp3) is 0.524. The Morgan fingerprint density at radius 3 is 1.85 bits per heavy atom. The molecule has 25 heteroatoms. The Hall–Kier alpha value is -2.82. The molecule has 0 amide bonds. The van der Waals surface area contributed by atoms with Gasteiger partial charge in [-0.05, 0) is 0 Å². The first-order valence-electron chi connectivity index (χ1n) is 13.5. The van der Waals surface area contributed by atoms with Gasteiger partial charge in [-0.2, -0.15) is 9.97 Å². The number of nitrogen functional groups attached to an aromatic ring is 2. The van der Waals surface area contributed by atoms with E-state index in [1.807, 2.05) is 0 Å². The van der Waals surface area contributed by atoms with E-state index >= 15 is 0 Å². The van der Waals surface area contributed by atoms with Crippen molar-refractivity contribution in [2.75, 3.05) is 24.7 Å². The topological polar surface area (TPSA) is 289 Å². The number of imidazole rings is 2. The highest BCUT2D eigenvalue weighted by Crippen LogP contribution is 2.60. The van der Waals surface area contributed by atoms with Crippen LogP contribution in [-0.2, 0) is 36.7 Å². The molecule has 4 aromatic rings. The summed E-state index contributed by atoms with van der Waals surface area (Å²) in [6.07, 6.45) is -6.04. The Bertz CT molecular complexity index is 1910. The summed E-state index contributed by atoms with van der Waals surface area (Å²) in [5, 5.41) is 11.3. The fourth-order valence-corrected chi connectivity index (χ4v) is 8.72. The molecule has 3 fully saturated rings. The summed E-state index contributed by atoms with van der Waals surface area (Å²) in [4.78, 5) is 45.6. The van der Waals surface area contributed by atoms with E-state index in [2.05, 4.69) is 54.4 Å². The normalized spacial score (nSPS) is 37.1. The average molecular weight is 721 g/mol. The van der Waals surface area contributed by atoms with Gasteiger partial charge in [0, 0.05) is 5.92 Å². The van der Waals surface area contributed by atoms with Crippen LogP contribution in [0.2, 0.25) is 0 Å². The van der Waals surface area contributed by atoms with Crippen LogP contribution in [0.15, 0.2) is 22.2 Å². The smallest absolute Gasteiger partial charge is 0.386 e. The molecular weight excluding hydrogens is 694 g/mol. The van der Waals surface area contributed by atoms with Crippen molar-refractivity contribution < 1.29 is 41.8 Å². The molecule has 3 aliphatic heterocycles. The van der Waals surface area contributed by atoms with Crippen molar-refractivity contribution in [1.29, 1.82) is 0 Å². The summed E-state index contributed by atoms with van der Waals surface area (Å²) >= 11 is 8.25. The van der Waals surface area contributed by atoms with E-state index < -0.39 is 86.8 Å². The molecule has 0 bridgehead atoms. The van der Waals surface area contributed by atoms with Crippen LogP contribution < -0.4 is 22.6 Å². The van der Waals surface area contributed by atoms with Crippen molar-refractivity contribution in [2.45, 2.75) is 49.9 Å². The summed E-state index contributed by atoms with van der Waals surface area (Å²) in [5.74, 6) is -0.983. The number of ether oxygens (including phenoxy) is 2. The zero-order valence-corrected chi connectivity index (χ0v) is 26.9. The number of nitrogens with two attached hydrogens (primary N) is 2. The van der Waals surface area contributed by atoms with Gasteiger partial charge in [0.1, 0.15) is 36.7 Å². The number of fused-ring (bicyclic) bond motifs is 4. The van der Waals surface area contributed by atoms with Gasteiger partial charge in [-0.1, -0.05) is 31.4 Å².